The van der Waals surface area contributed by atoms with Gasteiger partial charge in [-0.15, -0.1) is 0 Å². The molecule has 1 N–H and O–H groups in total. The van der Waals surface area contributed by atoms with Crippen LogP contribution in [0.15, 0.2) is 54.9 Å². The summed E-state index contributed by atoms with van der Waals surface area (Å²) < 4.78 is 1.82. The summed E-state index contributed by atoms with van der Waals surface area (Å²) in [4.78, 5) is 14.9. The van der Waals surface area contributed by atoms with Crippen LogP contribution in [0.4, 0.5) is 0 Å². The summed E-state index contributed by atoms with van der Waals surface area (Å²) >= 11 is 6.59. The summed E-state index contributed by atoms with van der Waals surface area (Å²) in [7, 11) is 0. The average molecular weight is 422 g/mol. The number of halogens is 1. The normalized spacial score (nSPS) is 21.1. The Morgan fingerprint density at radius 2 is 1.93 bits per heavy atom. The van der Waals surface area contributed by atoms with E-state index in [4.69, 9.17) is 11.6 Å². The second-order valence-electron chi connectivity index (χ2n) is 8.25. The lowest BCUT2D eigenvalue weighted by Crippen LogP contribution is -2.45. The van der Waals surface area contributed by atoms with Crippen molar-refractivity contribution in [3.8, 4) is 5.69 Å². The van der Waals surface area contributed by atoms with Crippen LogP contribution in [-0.2, 0) is 13.0 Å². The van der Waals surface area contributed by atoms with Crippen molar-refractivity contribution in [2.24, 2.45) is 0 Å². The van der Waals surface area contributed by atoms with Crippen LogP contribution >= 0.6 is 11.6 Å². The van der Waals surface area contributed by atoms with Crippen molar-refractivity contribution in [1.29, 1.82) is 0 Å². The number of benzene rings is 2. The van der Waals surface area contributed by atoms with E-state index in [1.165, 1.54) is 0 Å². The van der Waals surface area contributed by atoms with E-state index in [9.17, 15) is 9.90 Å². The van der Waals surface area contributed by atoms with E-state index in [0.717, 1.165) is 53.6 Å². The highest BCUT2D eigenvalue weighted by molar-refractivity contribution is 6.31. The van der Waals surface area contributed by atoms with Gasteiger partial charge < -0.3 is 10.0 Å². The fourth-order valence-corrected chi connectivity index (χ4v) is 4.92. The van der Waals surface area contributed by atoms with Gasteiger partial charge in [-0.05, 0) is 66.3 Å². The molecule has 1 amide bonds. The van der Waals surface area contributed by atoms with Gasteiger partial charge in [-0.2, -0.15) is 5.10 Å². The largest absolute Gasteiger partial charge is 0.391 e. The van der Waals surface area contributed by atoms with Crippen LogP contribution in [0.25, 0.3) is 5.69 Å². The molecule has 2 aromatic carbocycles. The van der Waals surface area contributed by atoms with E-state index in [2.05, 4.69) is 17.2 Å². The van der Waals surface area contributed by atoms with Crippen LogP contribution in [0.5, 0.6) is 0 Å². The van der Waals surface area contributed by atoms with Crippen molar-refractivity contribution in [2.75, 3.05) is 0 Å². The molecule has 0 saturated heterocycles. The maximum absolute atomic E-state index is 13.1. The van der Waals surface area contributed by atoms with Gasteiger partial charge >= 0.3 is 0 Å². The standard InChI is InChI=1S/C24H24ClN3O2/c25-21-14-18-15-27(22-4-1-2-5-23(22)29)24(30)20(18)13-17(21)12-16-6-8-19(9-7-16)28-11-3-10-26-28/h3,6-11,13-14,22-23,29H,1-2,4-5,12,15H2/t22-,23-/m0/s1. The molecule has 1 saturated carbocycles. The Kier molecular flexibility index (Phi) is 5.09. The molecule has 0 radical (unpaired) electrons. The Hall–Kier alpha value is -2.63. The van der Waals surface area contributed by atoms with Gasteiger partial charge in [0.05, 0.1) is 17.8 Å². The molecule has 1 aromatic heterocycles. The first-order valence-electron chi connectivity index (χ1n) is 10.5. The van der Waals surface area contributed by atoms with Gasteiger partial charge in [-0.25, -0.2) is 4.68 Å². The number of amides is 1. The molecule has 154 valence electrons. The number of fused-ring (bicyclic) bond motifs is 1. The van der Waals surface area contributed by atoms with Crippen molar-refractivity contribution in [2.45, 2.75) is 50.8 Å². The van der Waals surface area contributed by atoms with Gasteiger partial charge in [0.25, 0.3) is 5.91 Å². The van der Waals surface area contributed by atoms with E-state index < -0.39 is 6.10 Å². The minimum atomic E-state index is -0.430. The molecular weight excluding hydrogens is 398 g/mol. The van der Waals surface area contributed by atoms with E-state index in [1.54, 1.807) is 6.20 Å². The number of aliphatic hydroxyl groups excluding tert-OH is 1. The molecule has 2 heterocycles. The first-order chi connectivity index (χ1) is 14.6. The second-order valence-corrected chi connectivity index (χ2v) is 8.65. The van der Waals surface area contributed by atoms with Crippen molar-refractivity contribution >= 4 is 17.5 Å². The van der Waals surface area contributed by atoms with Crippen LogP contribution in [0.1, 0.15) is 52.7 Å². The van der Waals surface area contributed by atoms with Crippen molar-refractivity contribution in [3.05, 3.63) is 82.1 Å². The molecule has 0 spiro atoms. The number of carbonyl (C=O) groups is 1. The first-order valence-corrected chi connectivity index (χ1v) is 10.9. The lowest BCUT2D eigenvalue weighted by atomic mass is 9.91. The molecule has 6 heteroatoms. The predicted octanol–water partition coefficient (Wildman–Crippen LogP) is 4.38. The Labute approximate surface area is 180 Å². The third-order valence-corrected chi connectivity index (χ3v) is 6.65. The highest BCUT2D eigenvalue weighted by atomic mass is 35.5. The van der Waals surface area contributed by atoms with Crippen LogP contribution in [0, 0.1) is 0 Å². The molecule has 2 aliphatic rings. The van der Waals surface area contributed by atoms with Crippen LogP contribution in [-0.4, -0.2) is 37.8 Å². The number of hydrogen-bond donors (Lipinski definition) is 1. The number of nitrogens with zero attached hydrogens (tertiary/aromatic N) is 3. The molecule has 5 nitrogen and oxygen atoms in total. The highest BCUT2D eigenvalue weighted by Gasteiger charge is 2.37. The Morgan fingerprint density at radius 3 is 2.67 bits per heavy atom. The second kappa shape index (κ2) is 7.89. The molecular formula is C24H24ClN3O2. The third-order valence-electron chi connectivity index (χ3n) is 6.30. The van der Waals surface area contributed by atoms with Gasteiger partial charge in [0.1, 0.15) is 0 Å². The van der Waals surface area contributed by atoms with Gasteiger partial charge in [0.2, 0.25) is 0 Å². The van der Waals surface area contributed by atoms with Crippen molar-refractivity contribution < 1.29 is 9.90 Å². The molecule has 0 unspecified atom stereocenters. The maximum atomic E-state index is 13.1. The van der Waals surface area contributed by atoms with Gasteiger partial charge in [0, 0.05) is 29.5 Å². The Balaban J connectivity index is 1.37. The zero-order chi connectivity index (χ0) is 20.7. The summed E-state index contributed by atoms with van der Waals surface area (Å²) in [5, 5.41) is 15.3. The monoisotopic (exact) mass is 421 g/mol. The quantitative estimate of drug-likeness (QED) is 0.680. The predicted molar refractivity (Wildman–Crippen MR) is 116 cm³/mol. The summed E-state index contributed by atoms with van der Waals surface area (Å²) in [6.07, 6.45) is 7.61. The fraction of sp³-hybridized carbons (Fsp3) is 0.333. The summed E-state index contributed by atoms with van der Waals surface area (Å²) in [5.41, 5.74) is 4.75. The molecule has 5 rings (SSSR count). The van der Waals surface area contributed by atoms with Gasteiger partial charge in [-0.3, -0.25) is 4.79 Å². The topological polar surface area (TPSA) is 58.4 Å². The Bertz CT molecular complexity index is 1060. The first kappa shape index (κ1) is 19.3. The highest BCUT2D eigenvalue weighted by Crippen LogP contribution is 2.34. The number of rotatable bonds is 4. The number of hydrogen-bond acceptors (Lipinski definition) is 3. The van der Waals surface area contributed by atoms with Crippen LogP contribution in [0.3, 0.4) is 0 Å². The summed E-state index contributed by atoms with van der Waals surface area (Å²) in [5.74, 6) is 0.0166. The van der Waals surface area contributed by atoms with E-state index in [1.807, 2.05) is 46.1 Å². The molecule has 1 aliphatic carbocycles. The smallest absolute Gasteiger partial charge is 0.254 e. The number of aromatic nitrogens is 2. The summed E-state index contributed by atoms with van der Waals surface area (Å²) in [6, 6.07) is 13.9. The maximum Gasteiger partial charge on any atom is 0.254 e. The molecule has 0 bridgehead atoms. The zero-order valence-electron chi connectivity index (χ0n) is 16.7. The lowest BCUT2D eigenvalue weighted by Gasteiger charge is -2.35. The fourth-order valence-electron chi connectivity index (χ4n) is 4.67. The Morgan fingerprint density at radius 1 is 1.13 bits per heavy atom. The van der Waals surface area contributed by atoms with E-state index in [-0.39, 0.29) is 11.9 Å². The number of carbonyl (C=O) groups excluding carboxylic acids is 1. The number of aliphatic hydroxyl groups is 1. The molecule has 1 fully saturated rings. The van der Waals surface area contributed by atoms with Crippen LogP contribution < -0.4 is 0 Å². The summed E-state index contributed by atoms with van der Waals surface area (Å²) in [6.45, 7) is 0.536. The SMILES string of the molecule is O=C1c2cc(Cc3ccc(-n4cccn4)cc3)c(Cl)cc2CN1[C@H]1CCCC[C@@H]1O. The molecule has 1 aliphatic heterocycles. The third kappa shape index (κ3) is 3.53. The molecule has 3 aromatic rings. The van der Waals surface area contributed by atoms with Crippen molar-refractivity contribution in [3.63, 3.8) is 0 Å². The molecule has 30 heavy (non-hydrogen) atoms. The minimum Gasteiger partial charge on any atom is -0.391 e. The lowest BCUT2D eigenvalue weighted by molar-refractivity contribution is 0.0191. The van der Waals surface area contributed by atoms with Gasteiger partial charge in [0.15, 0.2) is 0 Å². The van der Waals surface area contributed by atoms with Crippen molar-refractivity contribution in [1.82, 2.24) is 14.7 Å². The van der Waals surface area contributed by atoms with E-state index >= 15 is 0 Å². The van der Waals surface area contributed by atoms with Gasteiger partial charge in [-0.1, -0.05) is 36.6 Å². The minimum absolute atomic E-state index is 0.0166. The van der Waals surface area contributed by atoms with E-state index in [0.29, 0.717) is 18.0 Å². The van der Waals surface area contributed by atoms with Crippen LogP contribution in [0.2, 0.25) is 5.02 Å². The average Bonchev–Trinajstić information content (AvgIpc) is 3.39. The molecule has 2 atom stereocenters. The zero-order valence-corrected chi connectivity index (χ0v) is 17.4.